The van der Waals surface area contributed by atoms with Crippen LogP contribution in [0.4, 0.5) is 0 Å². The number of carboxylic acids is 1. The van der Waals surface area contributed by atoms with Crippen molar-refractivity contribution in [2.75, 3.05) is 7.11 Å². The van der Waals surface area contributed by atoms with Crippen LogP contribution in [0.5, 0.6) is 5.75 Å². The van der Waals surface area contributed by atoms with E-state index >= 15 is 0 Å². The van der Waals surface area contributed by atoms with Gasteiger partial charge in [0, 0.05) is 5.02 Å². The first kappa shape index (κ1) is 11.6. The van der Waals surface area contributed by atoms with Crippen LogP contribution in [0, 0.1) is 0 Å². The number of ether oxygens (including phenoxy) is 1. The highest BCUT2D eigenvalue weighted by molar-refractivity contribution is 6.36. The van der Waals surface area contributed by atoms with E-state index in [1.165, 1.54) is 13.2 Å². The summed E-state index contributed by atoms with van der Waals surface area (Å²) < 4.78 is 5.06. The number of carboxylic acid groups (broad SMARTS) is 1. The molecule has 1 aromatic rings. The van der Waals surface area contributed by atoms with E-state index < -0.39 is 11.4 Å². The smallest absolute Gasteiger partial charge is 0.314 e. The van der Waals surface area contributed by atoms with Crippen LogP contribution < -0.4 is 4.74 Å². The Morgan fingerprint density at radius 2 is 2.00 bits per heavy atom. The average molecular weight is 261 g/mol. The van der Waals surface area contributed by atoms with Crippen molar-refractivity contribution in [3.05, 3.63) is 27.7 Å². The monoisotopic (exact) mass is 260 g/mol. The highest BCUT2D eigenvalue weighted by atomic mass is 35.5. The first-order valence-corrected chi connectivity index (χ1v) is 5.54. The molecule has 2 rings (SSSR count). The summed E-state index contributed by atoms with van der Waals surface area (Å²) in [5.41, 5.74) is -0.252. The minimum atomic E-state index is -0.848. The molecule has 1 saturated carbocycles. The molecule has 0 unspecified atom stereocenters. The summed E-state index contributed by atoms with van der Waals surface area (Å²) in [5.74, 6) is -0.396. The van der Waals surface area contributed by atoms with E-state index in [-0.39, 0.29) is 0 Å². The molecule has 0 amide bonds. The number of methoxy groups -OCH3 is 1. The van der Waals surface area contributed by atoms with Gasteiger partial charge in [0.05, 0.1) is 17.5 Å². The lowest BCUT2D eigenvalue weighted by Crippen LogP contribution is -2.20. The normalized spacial score (nSPS) is 16.9. The molecule has 16 heavy (non-hydrogen) atoms. The quantitative estimate of drug-likeness (QED) is 0.909. The predicted octanol–water partition coefficient (Wildman–Crippen LogP) is 3.12. The molecule has 0 saturated heterocycles. The molecular formula is C11H10Cl2O3. The SMILES string of the molecule is COc1cc(C2(C(=O)O)CC2)c(Cl)cc1Cl. The van der Waals surface area contributed by atoms with Crippen LogP contribution in [0.25, 0.3) is 0 Å². The molecule has 1 aromatic carbocycles. The van der Waals surface area contributed by atoms with Gasteiger partial charge in [0.1, 0.15) is 5.75 Å². The molecular weight excluding hydrogens is 251 g/mol. The molecule has 0 aliphatic heterocycles. The van der Waals surface area contributed by atoms with Crippen LogP contribution in [0.3, 0.4) is 0 Å². The fourth-order valence-electron chi connectivity index (χ4n) is 1.78. The second kappa shape index (κ2) is 3.82. The molecule has 0 atom stereocenters. The summed E-state index contributed by atoms with van der Waals surface area (Å²) in [4.78, 5) is 11.2. The number of aliphatic carboxylic acids is 1. The number of rotatable bonds is 3. The van der Waals surface area contributed by atoms with E-state index in [0.717, 1.165) is 0 Å². The average Bonchev–Trinajstić information content (AvgIpc) is 2.99. The molecule has 0 heterocycles. The van der Waals surface area contributed by atoms with Gasteiger partial charge in [-0.1, -0.05) is 23.2 Å². The maximum atomic E-state index is 11.2. The largest absolute Gasteiger partial charge is 0.495 e. The molecule has 0 radical (unpaired) electrons. The van der Waals surface area contributed by atoms with E-state index in [0.29, 0.717) is 34.2 Å². The first-order valence-electron chi connectivity index (χ1n) is 4.78. The fourth-order valence-corrected chi connectivity index (χ4v) is 2.42. The maximum Gasteiger partial charge on any atom is 0.314 e. The lowest BCUT2D eigenvalue weighted by molar-refractivity contribution is -0.140. The maximum absolute atomic E-state index is 11.2. The van der Waals surface area contributed by atoms with Crippen LogP contribution in [0.15, 0.2) is 12.1 Å². The van der Waals surface area contributed by atoms with Crippen LogP contribution >= 0.6 is 23.2 Å². The molecule has 1 aliphatic carbocycles. The van der Waals surface area contributed by atoms with Crippen molar-refractivity contribution in [3.8, 4) is 5.75 Å². The van der Waals surface area contributed by atoms with Crippen LogP contribution in [-0.2, 0) is 10.2 Å². The number of hydrogen-bond acceptors (Lipinski definition) is 2. The Morgan fingerprint density at radius 1 is 1.38 bits per heavy atom. The lowest BCUT2D eigenvalue weighted by atomic mass is 9.96. The van der Waals surface area contributed by atoms with Gasteiger partial charge < -0.3 is 9.84 Å². The third-order valence-electron chi connectivity index (χ3n) is 2.92. The molecule has 0 spiro atoms. The van der Waals surface area contributed by atoms with Crippen LogP contribution in [0.2, 0.25) is 10.0 Å². The predicted molar refractivity (Wildman–Crippen MR) is 61.6 cm³/mol. The van der Waals surface area contributed by atoms with Crippen molar-refractivity contribution in [1.82, 2.24) is 0 Å². The Bertz CT molecular complexity index is 453. The minimum Gasteiger partial charge on any atom is -0.495 e. The molecule has 86 valence electrons. The summed E-state index contributed by atoms with van der Waals surface area (Å²) in [6.45, 7) is 0. The number of benzene rings is 1. The van der Waals surface area contributed by atoms with E-state index in [1.807, 2.05) is 0 Å². The van der Waals surface area contributed by atoms with Gasteiger partial charge in [0.25, 0.3) is 0 Å². The zero-order valence-corrected chi connectivity index (χ0v) is 10.1. The Kier molecular flexibility index (Phi) is 2.76. The summed E-state index contributed by atoms with van der Waals surface area (Å²) in [6, 6.07) is 3.14. The third-order valence-corrected chi connectivity index (χ3v) is 3.52. The van der Waals surface area contributed by atoms with E-state index in [1.54, 1.807) is 6.07 Å². The first-order chi connectivity index (χ1) is 7.51. The van der Waals surface area contributed by atoms with Gasteiger partial charge in [-0.15, -0.1) is 0 Å². The second-order valence-corrected chi connectivity index (χ2v) is 4.67. The zero-order valence-electron chi connectivity index (χ0n) is 8.59. The Morgan fingerprint density at radius 3 is 2.44 bits per heavy atom. The van der Waals surface area contributed by atoms with Crippen LogP contribution in [0.1, 0.15) is 18.4 Å². The highest BCUT2D eigenvalue weighted by Gasteiger charge is 2.53. The summed E-state index contributed by atoms with van der Waals surface area (Å²) >= 11 is 11.9. The molecule has 1 fully saturated rings. The summed E-state index contributed by atoms with van der Waals surface area (Å²) in [5, 5.41) is 9.95. The summed E-state index contributed by atoms with van der Waals surface area (Å²) in [7, 11) is 1.49. The van der Waals surface area contributed by atoms with Gasteiger partial charge in [-0.05, 0) is 30.5 Å². The second-order valence-electron chi connectivity index (χ2n) is 3.85. The minimum absolute atomic E-state index is 0.380. The highest BCUT2D eigenvalue weighted by Crippen LogP contribution is 2.52. The number of hydrogen-bond donors (Lipinski definition) is 1. The molecule has 1 aliphatic rings. The molecule has 5 heteroatoms. The van der Waals surface area contributed by atoms with Gasteiger partial charge in [-0.3, -0.25) is 4.79 Å². The van der Waals surface area contributed by atoms with Crippen molar-refractivity contribution < 1.29 is 14.6 Å². The zero-order chi connectivity index (χ0) is 11.9. The van der Waals surface area contributed by atoms with Crippen molar-refractivity contribution in [1.29, 1.82) is 0 Å². The third kappa shape index (κ3) is 1.64. The van der Waals surface area contributed by atoms with Crippen molar-refractivity contribution in [2.45, 2.75) is 18.3 Å². The van der Waals surface area contributed by atoms with E-state index in [4.69, 9.17) is 27.9 Å². The molecule has 1 N–H and O–H groups in total. The summed E-state index contributed by atoms with van der Waals surface area (Å²) in [6.07, 6.45) is 1.21. The van der Waals surface area contributed by atoms with Crippen molar-refractivity contribution in [3.63, 3.8) is 0 Å². The fraction of sp³-hybridized carbons (Fsp3) is 0.364. The van der Waals surface area contributed by atoms with Crippen molar-refractivity contribution in [2.24, 2.45) is 0 Å². The van der Waals surface area contributed by atoms with Gasteiger partial charge in [0.15, 0.2) is 0 Å². The van der Waals surface area contributed by atoms with E-state index in [2.05, 4.69) is 0 Å². The Hall–Kier alpha value is -0.930. The molecule has 0 bridgehead atoms. The topological polar surface area (TPSA) is 46.5 Å². The van der Waals surface area contributed by atoms with Crippen molar-refractivity contribution >= 4 is 29.2 Å². The number of carbonyl (C=O) groups is 1. The molecule has 0 aromatic heterocycles. The van der Waals surface area contributed by atoms with Gasteiger partial charge in [-0.25, -0.2) is 0 Å². The van der Waals surface area contributed by atoms with Gasteiger partial charge in [-0.2, -0.15) is 0 Å². The Balaban J connectivity index is 2.53. The van der Waals surface area contributed by atoms with Gasteiger partial charge in [0.2, 0.25) is 0 Å². The standard InChI is InChI=1S/C11H10Cl2O3/c1-16-9-4-6(7(12)5-8(9)13)11(2-3-11)10(14)15/h4-5H,2-3H2,1H3,(H,14,15). The number of halogens is 2. The van der Waals surface area contributed by atoms with Crippen LogP contribution in [-0.4, -0.2) is 18.2 Å². The molecule has 3 nitrogen and oxygen atoms in total. The Labute approximate surface area is 103 Å². The van der Waals surface area contributed by atoms with Gasteiger partial charge >= 0.3 is 5.97 Å². The van der Waals surface area contributed by atoms with E-state index in [9.17, 15) is 9.90 Å². The lowest BCUT2D eigenvalue weighted by Gasteiger charge is -2.14.